The maximum Gasteiger partial charge on any atom is 0.113 e. The Bertz CT molecular complexity index is 971. The van der Waals surface area contributed by atoms with E-state index < -0.39 is 37.1 Å². The maximum atomic E-state index is 10.4. The summed E-state index contributed by atoms with van der Waals surface area (Å²) in [5.74, 6) is 0. The molecule has 1 aromatic heterocycles. The van der Waals surface area contributed by atoms with Crippen LogP contribution in [0, 0.1) is 0 Å². The minimum atomic E-state index is -1.39. The zero-order valence-corrected chi connectivity index (χ0v) is 16.9. The van der Waals surface area contributed by atoms with Gasteiger partial charge in [-0.1, -0.05) is 37.3 Å². The second-order valence-corrected chi connectivity index (χ2v) is 8.29. The Kier molecular flexibility index (Phi) is 5.96. The van der Waals surface area contributed by atoms with Crippen molar-refractivity contribution in [3.63, 3.8) is 0 Å². The second kappa shape index (κ2) is 8.47. The molecule has 1 fully saturated rings. The Morgan fingerprint density at radius 3 is 2.38 bits per heavy atom. The van der Waals surface area contributed by atoms with Crippen LogP contribution >= 0.6 is 11.5 Å². The predicted octanol–water partition coefficient (Wildman–Crippen LogP) is 1.96. The number of aliphatic hydroxyl groups excluding tert-OH is 4. The Hall–Kier alpha value is -1.87. The molecule has 3 aromatic rings. The lowest BCUT2D eigenvalue weighted by Gasteiger charge is -2.40. The third-order valence-corrected chi connectivity index (χ3v) is 6.46. The number of benzene rings is 2. The molecule has 0 bridgehead atoms. The summed E-state index contributed by atoms with van der Waals surface area (Å²) in [6.07, 6.45) is -4.11. The number of fused-ring (bicyclic) bond motifs is 1. The first-order valence-electron chi connectivity index (χ1n) is 9.78. The van der Waals surface area contributed by atoms with Gasteiger partial charge in [0, 0.05) is 11.8 Å². The van der Waals surface area contributed by atoms with Crippen LogP contribution in [-0.2, 0) is 17.6 Å². The molecular weight excluding hydrogens is 390 g/mol. The molecule has 2 heterocycles. The van der Waals surface area contributed by atoms with E-state index in [1.54, 1.807) is 0 Å². The molecule has 154 valence electrons. The van der Waals surface area contributed by atoms with Crippen molar-refractivity contribution in [2.75, 3.05) is 6.61 Å². The van der Waals surface area contributed by atoms with Gasteiger partial charge in [-0.3, -0.25) is 0 Å². The number of ether oxygens (including phenoxy) is 1. The Morgan fingerprint density at radius 2 is 1.69 bits per heavy atom. The van der Waals surface area contributed by atoms with Gasteiger partial charge in [-0.15, -0.1) is 0 Å². The summed E-state index contributed by atoms with van der Waals surface area (Å²) in [7, 11) is 0. The van der Waals surface area contributed by atoms with Gasteiger partial charge < -0.3 is 25.2 Å². The molecule has 29 heavy (non-hydrogen) atoms. The standard InChI is InChI=1S/C22H25NO5S/c1-2-12-3-5-13(6-4-12)9-16-15-10-14(7-8-18(15)29-23-16)22-21(27)20(26)19(25)17(11-24)28-22/h3-8,10,17,19-22,24-27H,2,9,11H2,1H3/t17-,19-,20+,21-,22+/m1/s1. The van der Waals surface area contributed by atoms with E-state index in [4.69, 9.17) is 4.74 Å². The van der Waals surface area contributed by atoms with Gasteiger partial charge in [0.15, 0.2) is 0 Å². The molecule has 0 amide bonds. The van der Waals surface area contributed by atoms with Crippen LogP contribution in [0.4, 0.5) is 0 Å². The molecule has 0 spiro atoms. The minimum absolute atomic E-state index is 0.442. The van der Waals surface area contributed by atoms with Gasteiger partial charge in [0.1, 0.15) is 30.5 Å². The number of aromatic nitrogens is 1. The Labute approximate surface area is 173 Å². The van der Waals surface area contributed by atoms with Crippen molar-refractivity contribution < 1.29 is 25.2 Å². The van der Waals surface area contributed by atoms with Crippen LogP contribution in [0.3, 0.4) is 0 Å². The molecular formula is C22H25NO5S. The highest BCUT2D eigenvalue weighted by molar-refractivity contribution is 7.13. The fourth-order valence-corrected chi connectivity index (χ4v) is 4.55. The first-order valence-corrected chi connectivity index (χ1v) is 10.6. The average molecular weight is 416 g/mol. The smallest absolute Gasteiger partial charge is 0.113 e. The van der Waals surface area contributed by atoms with Crippen LogP contribution in [0.2, 0.25) is 0 Å². The normalized spacial score (nSPS) is 27.4. The third-order valence-electron chi connectivity index (χ3n) is 5.59. The summed E-state index contributed by atoms with van der Waals surface area (Å²) < 4.78 is 11.3. The van der Waals surface area contributed by atoms with Crippen LogP contribution in [0.5, 0.6) is 0 Å². The van der Waals surface area contributed by atoms with Crippen molar-refractivity contribution in [1.82, 2.24) is 4.37 Å². The average Bonchev–Trinajstić information content (AvgIpc) is 3.15. The summed E-state index contributed by atoms with van der Waals surface area (Å²) in [6, 6.07) is 14.2. The molecule has 5 atom stereocenters. The fraction of sp³-hybridized carbons (Fsp3) is 0.409. The highest BCUT2D eigenvalue weighted by Gasteiger charge is 2.44. The molecule has 4 N–H and O–H groups in total. The zero-order valence-electron chi connectivity index (χ0n) is 16.1. The summed E-state index contributed by atoms with van der Waals surface area (Å²) in [5, 5.41) is 40.9. The lowest BCUT2D eigenvalue weighted by molar-refractivity contribution is -0.231. The van der Waals surface area contributed by atoms with Gasteiger partial charge in [-0.05, 0) is 46.8 Å². The van der Waals surface area contributed by atoms with E-state index >= 15 is 0 Å². The van der Waals surface area contributed by atoms with Crippen molar-refractivity contribution >= 4 is 21.6 Å². The lowest BCUT2D eigenvalue weighted by atomic mass is 9.90. The highest BCUT2D eigenvalue weighted by Crippen LogP contribution is 2.35. The fourth-order valence-electron chi connectivity index (χ4n) is 3.77. The summed E-state index contributed by atoms with van der Waals surface area (Å²) in [6.45, 7) is 1.69. The van der Waals surface area contributed by atoms with Gasteiger partial charge in [-0.25, -0.2) is 0 Å². The number of hydrogen-bond acceptors (Lipinski definition) is 7. The minimum Gasteiger partial charge on any atom is -0.394 e. The van der Waals surface area contributed by atoms with Crippen LogP contribution in [0.1, 0.15) is 35.4 Å². The first kappa shape index (κ1) is 20.4. The molecule has 1 saturated heterocycles. The number of rotatable bonds is 5. The van der Waals surface area contributed by atoms with E-state index in [0.717, 1.165) is 22.2 Å². The van der Waals surface area contributed by atoms with Gasteiger partial charge in [0.05, 0.1) is 17.0 Å². The van der Waals surface area contributed by atoms with Crippen LogP contribution in [0.25, 0.3) is 10.1 Å². The molecule has 0 radical (unpaired) electrons. The number of aryl methyl sites for hydroxylation is 1. The van der Waals surface area contributed by atoms with E-state index in [1.807, 2.05) is 18.2 Å². The number of aliphatic hydroxyl groups is 4. The monoisotopic (exact) mass is 415 g/mol. The van der Waals surface area contributed by atoms with Crippen molar-refractivity contribution in [1.29, 1.82) is 0 Å². The first-order chi connectivity index (χ1) is 14.0. The molecule has 4 rings (SSSR count). The van der Waals surface area contributed by atoms with Gasteiger partial charge in [0.25, 0.3) is 0 Å². The van der Waals surface area contributed by atoms with E-state index in [2.05, 4.69) is 35.6 Å². The van der Waals surface area contributed by atoms with Gasteiger partial charge in [0.2, 0.25) is 0 Å². The van der Waals surface area contributed by atoms with Crippen LogP contribution in [-0.4, -0.2) is 55.8 Å². The van der Waals surface area contributed by atoms with Crippen LogP contribution < -0.4 is 0 Å². The zero-order chi connectivity index (χ0) is 20.5. The summed E-state index contributed by atoms with van der Waals surface area (Å²) in [5.41, 5.74) is 4.09. The van der Waals surface area contributed by atoms with Crippen LogP contribution in [0.15, 0.2) is 42.5 Å². The lowest BCUT2D eigenvalue weighted by Crippen LogP contribution is -2.55. The molecule has 7 heteroatoms. The van der Waals surface area contributed by atoms with E-state index in [-0.39, 0.29) is 0 Å². The van der Waals surface area contributed by atoms with E-state index in [0.29, 0.717) is 12.0 Å². The van der Waals surface area contributed by atoms with Crippen molar-refractivity contribution in [2.24, 2.45) is 0 Å². The van der Waals surface area contributed by atoms with E-state index in [9.17, 15) is 20.4 Å². The summed E-state index contributed by atoms with van der Waals surface area (Å²) >= 11 is 1.42. The third kappa shape index (κ3) is 3.94. The van der Waals surface area contributed by atoms with Gasteiger partial charge >= 0.3 is 0 Å². The highest BCUT2D eigenvalue weighted by atomic mass is 32.1. The topological polar surface area (TPSA) is 103 Å². The van der Waals surface area contributed by atoms with Crippen molar-refractivity contribution in [2.45, 2.75) is 50.3 Å². The summed E-state index contributed by atoms with van der Waals surface area (Å²) in [4.78, 5) is 0. The molecule has 2 aromatic carbocycles. The quantitative estimate of drug-likeness (QED) is 0.508. The molecule has 1 aliphatic rings. The van der Waals surface area contributed by atoms with Crippen molar-refractivity contribution in [3.8, 4) is 0 Å². The number of nitrogens with zero attached hydrogens (tertiary/aromatic N) is 1. The Morgan fingerprint density at radius 1 is 0.966 bits per heavy atom. The van der Waals surface area contributed by atoms with Crippen molar-refractivity contribution in [3.05, 3.63) is 64.8 Å². The molecule has 6 nitrogen and oxygen atoms in total. The molecule has 0 aliphatic carbocycles. The number of hydrogen-bond donors (Lipinski definition) is 4. The SMILES string of the molecule is CCc1ccc(Cc2nsc3ccc([C@@H]4O[C@H](CO)[C@@H](O)[C@H](O)[C@H]4O)cc23)cc1. The van der Waals surface area contributed by atoms with E-state index in [1.165, 1.54) is 22.7 Å². The molecule has 0 saturated carbocycles. The Balaban J connectivity index is 1.64. The predicted molar refractivity (Wildman–Crippen MR) is 111 cm³/mol. The second-order valence-electron chi connectivity index (χ2n) is 7.48. The largest absolute Gasteiger partial charge is 0.394 e. The molecule has 1 aliphatic heterocycles. The maximum absolute atomic E-state index is 10.4. The van der Waals surface area contributed by atoms with Gasteiger partial charge in [-0.2, -0.15) is 4.37 Å². The molecule has 0 unspecified atom stereocenters.